The first-order valence-corrected chi connectivity index (χ1v) is 9.09. The fraction of sp³-hybridized carbons (Fsp3) is 0.300. The summed E-state index contributed by atoms with van der Waals surface area (Å²) >= 11 is 0. The van der Waals surface area contributed by atoms with Gasteiger partial charge in [-0.2, -0.15) is 0 Å². The highest BCUT2D eigenvalue weighted by Gasteiger charge is 2.23. The summed E-state index contributed by atoms with van der Waals surface area (Å²) in [4.78, 5) is 25.8. The maximum atomic E-state index is 12.2. The average Bonchev–Trinajstić information content (AvgIpc) is 3.16. The summed E-state index contributed by atoms with van der Waals surface area (Å²) in [7, 11) is 0. The summed E-state index contributed by atoms with van der Waals surface area (Å²) in [6, 6.07) is 15.3. The Morgan fingerprint density at radius 3 is 2.93 bits per heavy atom. The van der Waals surface area contributed by atoms with Crippen LogP contribution < -0.4 is 25.6 Å². The molecule has 3 N–H and O–H groups in total. The first-order chi connectivity index (χ1) is 13.2. The number of nitrogens with zero attached hydrogens (tertiary/aromatic N) is 1. The van der Waals surface area contributed by atoms with Crippen LogP contribution in [0.3, 0.4) is 0 Å². The number of urea groups is 1. The van der Waals surface area contributed by atoms with Crippen LogP contribution >= 0.6 is 0 Å². The van der Waals surface area contributed by atoms with E-state index in [2.05, 4.69) is 33.0 Å². The van der Waals surface area contributed by atoms with Gasteiger partial charge in [0.15, 0.2) is 6.61 Å². The van der Waals surface area contributed by atoms with Gasteiger partial charge in [-0.3, -0.25) is 4.79 Å². The molecule has 2 heterocycles. The Hall–Kier alpha value is -3.22. The second kappa shape index (κ2) is 7.57. The number of para-hydroxylation sites is 1. The number of hydrogen-bond donors (Lipinski definition) is 3. The molecule has 0 aliphatic carbocycles. The molecule has 3 amide bonds. The van der Waals surface area contributed by atoms with Crippen LogP contribution in [0.5, 0.6) is 5.75 Å². The van der Waals surface area contributed by atoms with Crippen molar-refractivity contribution >= 4 is 29.0 Å². The Balaban J connectivity index is 1.26. The van der Waals surface area contributed by atoms with Crippen molar-refractivity contribution in [1.29, 1.82) is 0 Å². The predicted molar refractivity (Wildman–Crippen MR) is 104 cm³/mol. The number of carbonyl (C=O) groups is 2. The smallest absolute Gasteiger partial charge is 0.319 e. The summed E-state index contributed by atoms with van der Waals surface area (Å²) in [6.45, 7) is 2.57. The van der Waals surface area contributed by atoms with Crippen LogP contribution in [-0.4, -0.2) is 38.2 Å². The molecule has 7 nitrogen and oxygen atoms in total. The molecule has 2 aromatic rings. The minimum Gasteiger partial charge on any atom is -0.482 e. The molecule has 7 heteroatoms. The topological polar surface area (TPSA) is 82.7 Å². The third-order valence-electron chi connectivity index (χ3n) is 4.83. The molecule has 140 valence electrons. The molecule has 0 aromatic heterocycles. The van der Waals surface area contributed by atoms with Gasteiger partial charge in [0.25, 0.3) is 5.91 Å². The number of amides is 3. The van der Waals surface area contributed by atoms with Crippen molar-refractivity contribution in [2.45, 2.75) is 6.42 Å². The van der Waals surface area contributed by atoms with Crippen molar-refractivity contribution in [2.24, 2.45) is 5.92 Å². The molecular formula is C20H22N4O3. The van der Waals surface area contributed by atoms with Crippen LogP contribution in [-0.2, 0) is 4.79 Å². The van der Waals surface area contributed by atoms with Gasteiger partial charge in [-0.1, -0.05) is 18.2 Å². The van der Waals surface area contributed by atoms with Gasteiger partial charge in [0, 0.05) is 37.1 Å². The monoisotopic (exact) mass is 366 g/mol. The number of anilines is 3. The Labute approximate surface area is 157 Å². The Kier molecular flexibility index (Phi) is 4.82. The van der Waals surface area contributed by atoms with Crippen LogP contribution in [0.4, 0.5) is 21.9 Å². The molecule has 1 atom stereocenters. The lowest BCUT2D eigenvalue weighted by Crippen LogP contribution is -2.34. The van der Waals surface area contributed by atoms with E-state index in [0.717, 1.165) is 19.5 Å². The van der Waals surface area contributed by atoms with E-state index in [9.17, 15) is 9.59 Å². The lowest BCUT2D eigenvalue weighted by Gasteiger charge is -2.19. The molecule has 0 spiro atoms. The van der Waals surface area contributed by atoms with E-state index in [-0.39, 0.29) is 18.5 Å². The van der Waals surface area contributed by atoms with E-state index in [4.69, 9.17) is 4.74 Å². The van der Waals surface area contributed by atoms with Gasteiger partial charge < -0.3 is 25.6 Å². The van der Waals surface area contributed by atoms with Gasteiger partial charge in [-0.25, -0.2) is 4.79 Å². The third kappa shape index (κ3) is 4.13. The second-order valence-corrected chi connectivity index (χ2v) is 6.82. The quantitative estimate of drug-likeness (QED) is 0.777. The molecule has 2 aliphatic rings. The van der Waals surface area contributed by atoms with E-state index in [0.29, 0.717) is 29.6 Å². The van der Waals surface area contributed by atoms with Gasteiger partial charge in [0.2, 0.25) is 0 Å². The summed E-state index contributed by atoms with van der Waals surface area (Å²) in [6.07, 6.45) is 1.06. The zero-order valence-electron chi connectivity index (χ0n) is 14.9. The molecule has 4 rings (SSSR count). The zero-order chi connectivity index (χ0) is 18.6. The number of fused-ring (bicyclic) bond motifs is 1. The van der Waals surface area contributed by atoms with E-state index in [1.165, 1.54) is 5.69 Å². The largest absolute Gasteiger partial charge is 0.482 e. The van der Waals surface area contributed by atoms with E-state index in [1.807, 2.05) is 18.2 Å². The van der Waals surface area contributed by atoms with E-state index >= 15 is 0 Å². The molecule has 2 aliphatic heterocycles. The van der Waals surface area contributed by atoms with Crippen LogP contribution in [0, 0.1) is 5.92 Å². The number of nitrogens with one attached hydrogen (secondary N) is 3. The standard InChI is InChI=1S/C20H22N4O3/c25-19-13-27-18-10-15(6-7-17(18)23-19)22-20(26)21-11-14-8-9-24(12-14)16-4-2-1-3-5-16/h1-7,10,14H,8-9,11-13H2,(H,23,25)(H2,21,22,26). The number of hydrogen-bond acceptors (Lipinski definition) is 4. The van der Waals surface area contributed by atoms with Crippen molar-refractivity contribution in [2.75, 3.05) is 41.8 Å². The van der Waals surface area contributed by atoms with E-state index in [1.54, 1.807) is 18.2 Å². The summed E-state index contributed by atoms with van der Waals surface area (Å²) < 4.78 is 5.36. The fourth-order valence-electron chi connectivity index (χ4n) is 3.44. The SMILES string of the molecule is O=C1COc2cc(NC(=O)NCC3CCN(c4ccccc4)C3)ccc2N1. The summed E-state index contributed by atoms with van der Waals surface area (Å²) in [5.74, 6) is 0.807. The number of benzene rings is 2. The predicted octanol–water partition coefficient (Wildman–Crippen LogP) is 2.67. The Morgan fingerprint density at radius 1 is 1.22 bits per heavy atom. The molecule has 0 bridgehead atoms. The lowest BCUT2D eigenvalue weighted by atomic mass is 10.1. The lowest BCUT2D eigenvalue weighted by molar-refractivity contribution is -0.118. The molecule has 0 radical (unpaired) electrons. The highest BCUT2D eigenvalue weighted by molar-refractivity contribution is 5.96. The number of ether oxygens (including phenoxy) is 1. The maximum Gasteiger partial charge on any atom is 0.319 e. The summed E-state index contributed by atoms with van der Waals surface area (Å²) in [5.41, 5.74) is 2.47. The second-order valence-electron chi connectivity index (χ2n) is 6.82. The Bertz CT molecular complexity index is 840. The van der Waals surface area contributed by atoms with Gasteiger partial charge in [-0.15, -0.1) is 0 Å². The first-order valence-electron chi connectivity index (χ1n) is 9.09. The minimum absolute atomic E-state index is 0.0117. The first kappa shape index (κ1) is 17.2. The van der Waals surface area contributed by atoms with Gasteiger partial charge in [-0.05, 0) is 36.6 Å². The normalized spacial score (nSPS) is 18.3. The molecule has 1 fully saturated rings. The van der Waals surface area contributed by atoms with Gasteiger partial charge in [0.05, 0.1) is 5.69 Å². The van der Waals surface area contributed by atoms with Gasteiger partial charge >= 0.3 is 6.03 Å². The highest BCUT2D eigenvalue weighted by Crippen LogP contribution is 2.30. The molecule has 1 saturated heterocycles. The van der Waals surface area contributed by atoms with E-state index < -0.39 is 0 Å². The molecule has 27 heavy (non-hydrogen) atoms. The molecule has 0 saturated carbocycles. The van der Waals surface area contributed by atoms with Crippen LogP contribution in [0.15, 0.2) is 48.5 Å². The van der Waals surface area contributed by atoms with Crippen molar-refractivity contribution in [3.63, 3.8) is 0 Å². The van der Waals surface area contributed by atoms with Crippen molar-refractivity contribution in [3.8, 4) is 5.75 Å². The Morgan fingerprint density at radius 2 is 2.07 bits per heavy atom. The maximum absolute atomic E-state index is 12.2. The van der Waals surface area contributed by atoms with Crippen molar-refractivity contribution in [1.82, 2.24) is 5.32 Å². The molecule has 1 unspecified atom stereocenters. The number of carbonyl (C=O) groups excluding carboxylic acids is 2. The van der Waals surface area contributed by atoms with Gasteiger partial charge in [0.1, 0.15) is 5.75 Å². The summed E-state index contributed by atoms with van der Waals surface area (Å²) in [5, 5.41) is 8.48. The minimum atomic E-state index is -0.243. The fourth-order valence-corrected chi connectivity index (χ4v) is 3.44. The highest BCUT2D eigenvalue weighted by atomic mass is 16.5. The third-order valence-corrected chi connectivity index (χ3v) is 4.83. The van der Waals surface area contributed by atoms with Crippen LogP contribution in [0.25, 0.3) is 0 Å². The van der Waals surface area contributed by atoms with Crippen LogP contribution in [0.2, 0.25) is 0 Å². The number of rotatable bonds is 4. The average molecular weight is 366 g/mol. The van der Waals surface area contributed by atoms with Crippen molar-refractivity contribution in [3.05, 3.63) is 48.5 Å². The zero-order valence-corrected chi connectivity index (χ0v) is 14.9. The molecule has 2 aromatic carbocycles. The van der Waals surface area contributed by atoms with Crippen LogP contribution in [0.1, 0.15) is 6.42 Å². The van der Waals surface area contributed by atoms with Crippen molar-refractivity contribution < 1.29 is 14.3 Å². The molecular weight excluding hydrogens is 344 g/mol.